The zero-order valence-corrected chi connectivity index (χ0v) is 31.8. The molecule has 0 aliphatic rings. The van der Waals surface area contributed by atoms with Crippen molar-refractivity contribution in [2.45, 2.75) is 0 Å². The SMILES string of the molecule is c1ccc(-n2c(-c3ccc(N(c4ccc(-c5cnc6ccccc6n5)cc4)c4ccc(-c5nc6ccccc6n5-c5ccccc5)cc4)cc3)nc3ccccc32)cc1. The second-order valence-corrected chi connectivity index (χ2v) is 14.4. The number of hydrogen-bond donors (Lipinski definition) is 0. The summed E-state index contributed by atoms with van der Waals surface area (Å²) in [5, 5.41) is 0. The van der Waals surface area contributed by atoms with Crippen LogP contribution in [-0.4, -0.2) is 29.1 Å². The first-order chi connectivity index (χ1) is 29.2. The number of anilines is 3. The monoisotopic (exact) mass is 757 g/mol. The Kier molecular flexibility index (Phi) is 8.33. The van der Waals surface area contributed by atoms with Crippen molar-refractivity contribution in [1.29, 1.82) is 0 Å². The van der Waals surface area contributed by atoms with E-state index in [4.69, 9.17) is 15.0 Å². The summed E-state index contributed by atoms with van der Waals surface area (Å²) in [6.45, 7) is 0. The molecule has 11 rings (SSSR count). The summed E-state index contributed by atoms with van der Waals surface area (Å²) in [7, 11) is 0. The maximum atomic E-state index is 5.12. The Balaban J connectivity index is 1.01. The Bertz CT molecular complexity index is 3080. The second kappa shape index (κ2) is 14.4. The van der Waals surface area contributed by atoms with Crippen molar-refractivity contribution >= 4 is 50.2 Å². The molecule has 7 heteroatoms. The van der Waals surface area contributed by atoms with Crippen LogP contribution in [0.15, 0.2) is 212 Å². The van der Waals surface area contributed by atoms with E-state index in [2.05, 4.69) is 177 Å². The van der Waals surface area contributed by atoms with Crippen LogP contribution in [0.2, 0.25) is 0 Å². The van der Waals surface area contributed by atoms with E-state index in [1.54, 1.807) is 0 Å². The van der Waals surface area contributed by atoms with Gasteiger partial charge < -0.3 is 4.90 Å². The van der Waals surface area contributed by atoms with Crippen LogP contribution < -0.4 is 4.90 Å². The Morgan fingerprint density at radius 3 is 1.19 bits per heavy atom. The Labute approximate surface area is 340 Å². The summed E-state index contributed by atoms with van der Waals surface area (Å²) < 4.78 is 4.47. The minimum atomic E-state index is 0.832. The Morgan fingerprint density at radius 1 is 0.322 bits per heavy atom. The molecular formula is C52H35N7. The molecule has 0 spiro atoms. The third kappa shape index (κ3) is 6.18. The normalized spacial score (nSPS) is 11.4. The van der Waals surface area contributed by atoms with Crippen molar-refractivity contribution in [2.75, 3.05) is 4.90 Å². The number of para-hydroxylation sites is 8. The highest BCUT2D eigenvalue weighted by atomic mass is 15.1. The summed E-state index contributed by atoms with van der Waals surface area (Å²) in [6, 6.07) is 71.3. The molecule has 0 aliphatic heterocycles. The number of nitrogens with zero attached hydrogens (tertiary/aromatic N) is 7. The minimum Gasteiger partial charge on any atom is -0.311 e. The molecule has 11 aromatic rings. The van der Waals surface area contributed by atoms with Crippen LogP contribution in [0.3, 0.4) is 0 Å². The van der Waals surface area contributed by atoms with E-state index in [1.807, 2.05) is 54.7 Å². The van der Waals surface area contributed by atoms with Crippen molar-refractivity contribution < 1.29 is 0 Å². The topological polar surface area (TPSA) is 64.7 Å². The Morgan fingerprint density at radius 2 is 0.712 bits per heavy atom. The molecule has 3 heterocycles. The fourth-order valence-electron chi connectivity index (χ4n) is 7.96. The van der Waals surface area contributed by atoms with Crippen LogP contribution in [-0.2, 0) is 0 Å². The average molecular weight is 758 g/mol. The van der Waals surface area contributed by atoms with E-state index in [0.29, 0.717) is 0 Å². The lowest BCUT2D eigenvalue weighted by molar-refractivity contribution is 1.10. The minimum absolute atomic E-state index is 0.832. The molecule has 59 heavy (non-hydrogen) atoms. The van der Waals surface area contributed by atoms with Crippen LogP contribution in [0.4, 0.5) is 17.1 Å². The zero-order valence-electron chi connectivity index (χ0n) is 31.8. The van der Waals surface area contributed by atoms with Gasteiger partial charge in [0, 0.05) is 45.1 Å². The van der Waals surface area contributed by atoms with Crippen molar-refractivity contribution in [3.8, 4) is 45.4 Å². The number of aromatic nitrogens is 6. The summed E-state index contributed by atoms with van der Waals surface area (Å²) in [5.41, 5.74) is 14.8. The average Bonchev–Trinajstić information content (AvgIpc) is 3.90. The van der Waals surface area contributed by atoms with Gasteiger partial charge in [-0.15, -0.1) is 0 Å². The molecule has 0 aliphatic carbocycles. The lowest BCUT2D eigenvalue weighted by Crippen LogP contribution is -2.10. The largest absolute Gasteiger partial charge is 0.311 e. The quantitative estimate of drug-likeness (QED) is 0.154. The molecule has 8 aromatic carbocycles. The van der Waals surface area contributed by atoms with E-state index in [1.165, 1.54) is 0 Å². The molecule has 3 aromatic heterocycles. The molecule has 0 unspecified atom stereocenters. The van der Waals surface area contributed by atoms with Gasteiger partial charge in [-0.05, 0) is 121 Å². The predicted molar refractivity (Wildman–Crippen MR) is 240 cm³/mol. The van der Waals surface area contributed by atoms with Gasteiger partial charge in [0.05, 0.1) is 45.0 Å². The van der Waals surface area contributed by atoms with Crippen LogP contribution in [0.1, 0.15) is 0 Å². The van der Waals surface area contributed by atoms with Gasteiger partial charge in [0.25, 0.3) is 0 Å². The number of fused-ring (bicyclic) bond motifs is 3. The first-order valence-electron chi connectivity index (χ1n) is 19.6. The molecule has 278 valence electrons. The summed E-state index contributed by atoms with van der Waals surface area (Å²) >= 11 is 0. The van der Waals surface area contributed by atoms with Gasteiger partial charge in [0.1, 0.15) is 11.6 Å². The maximum Gasteiger partial charge on any atom is 0.145 e. The molecular weight excluding hydrogens is 723 g/mol. The van der Waals surface area contributed by atoms with Crippen LogP contribution in [0.5, 0.6) is 0 Å². The van der Waals surface area contributed by atoms with Gasteiger partial charge >= 0.3 is 0 Å². The van der Waals surface area contributed by atoms with Gasteiger partial charge in [0.2, 0.25) is 0 Å². The molecule has 0 fully saturated rings. The van der Waals surface area contributed by atoms with Crippen molar-refractivity contribution in [1.82, 2.24) is 29.1 Å². The van der Waals surface area contributed by atoms with Gasteiger partial charge in [-0.3, -0.25) is 14.1 Å². The fourth-order valence-corrected chi connectivity index (χ4v) is 7.96. The first-order valence-corrected chi connectivity index (χ1v) is 19.6. The van der Waals surface area contributed by atoms with Gasteiger partial charge in [-0.1, -0.05) is 84.9 Å². The van der Waals surface area contributed by atoms with E-state index >= 15 is 0 Å². The number of benzene rings is 8. The van der Waals surface area contributed by atoms with E-state index in [-0.39, 0.29) is 0 Å². The molecule has 7 nitrogen and oxygen atoms in total. The molecule has 0 N–H and O–H groups in total. The smallest absolute Gasteiger partial charge is 0.145 e. The van der Waals surface area contributed by atoms with Crippen LogP contribution in [0, 0.1) is 0 Å². The molecule has 0 radical (unpaired) electrons. The zero-order chi connectivity index (χ0) is 39.1. The van der Waals surface area contributed by atoms with Crippen molar-refractivity contribution in [2.24, 2.45) is 0 Å². The van der Waals surface area contributed by atoms with E-state index in [9.17, 15) is 0 Å². The number of rotatable bonds is 8. The molecule has 0 saturated heterocycles. The first kappa shape index (κ1) is 34.1. The van der Waals surface area contributed by atoms with Crippen LogP contribution >= 0.6 is 0 Å². The third-order valence-electron chi connectivity index (χ3n) is 10.8. The highest BCUT2D eigenvalue weighted by Gasteiger charge is 2.19. The highest BCUT2D eigenvalue weighted by molar-refractivity contribution is 5.87. The predicted octanol–water partition coefficient (Wildman–Crippen LogP) is 12.8. The van der Waals surface area contributed by atoms with E-state index < -0.39 is 0 Å². The number of hydrogen-bond acceptors (Lipinski definition) is 5. The van der Waals surface area contributed by atoms with E-state index in [0.717, 1.165) is 95.6 Å². The Hall–Kier alpha value is -8.16. The summed E-state index contributed by atoms with van der Waals surface area (Å²) in [6.07, 6.45) is 1.85. The van der Waals surface area contributed by atoms with Gasteiger partial charge in [0.15, 0.2) is 0 Å². The number of imidazole rings is 2. The summed E-state index contributed by atoms with van der Waals surface area (Å²) in [4.78, 5) is 22.1. The molecule has 0 amide bonds. The van der Waals surface area contributed by atoms with Gasteiger partial charge in [-0.25, -0.2) is 15.0 Å². The fraction of sp³-hybridized carbons (Fsp3) is 0. The van der Waals surface area contributed by atoms with Crippen LogP contribution in [0.25, 0.3) is 78.5 Å². The van der Waals surface area contributed by atoms with Crippen molar-refractivity contribution in [3.05, 3.63) is 212 Å². The maximum absolute atomic E-state index is 5.12. The lowest BCUT2D eigenvalue weighted by atomic mass is 10.1. The highest BCUT2D eigenvalue weighted by Crippen LogP contribution is 2.39. The van der Waals surface area contributed by atoms with Crippen molar-refractivity contribution in [3.63, 3.8) is 0 Å². The molecule has 0 atom stereocenters. The lowest BCUT2D eigenvalue weighted by Gasteiger charge is -2.26. The standard InChI is InChI=1S/C52H35N7/c1-3-13-39(14-4-1)58-49-21-11-9-19-46(49)55-51(58)37-25-31-42(32-26-37)57(41-29-23-36(24-30-41)48-35-53-44-17-7-8-18-45(44)54-48)43-33-27-38(28-34-43)52-56-47-20-10-12-22-50(47)59(52)40-15-5-2-6-16-40/h1-35H. The van der Waals surface area contributed by atoms with Gasteiger partial charge in [-0.2, -0.15) is 0 Å². The molecule has 0 saturated carbocycles. The summed E-state index contributed by atoms with van der Waals surface area (Å²) in [5.74, 6) is 1.78. The molecule has 0 bridgehead atoms. The second-order valence-electron chi connectivity index (χ2n) is 14.4. The third-order valence-corrected chi connectivity index (χ3v) is 10.8.